The maximum Gasteiger partial charge on any atom is 0.279 e. The smallest absolute Gasteiger partial charge is 0.279 e. The highest BCUT2D eigenvalue weighted by molar-refractivity contribution is 5.91. The van der Waals surface area contributed by atoms with Crippen molar-refractivity contribution in [2.75, 3.05) is 19.0 Å². The second-order valence-corrected chi connectivity index (χ2v) is 5.67. The Morgan fingerprint density at radius 1 is 1.30 bits per heavy atom. The van der Waals surface area contributed by atoms with Crippen molar-refractivity contribution in [1.82, 2.24) is 0 Å². The summed E-state index contributed by atoms with van der Waals surface area (Å²) in [7, 11) is 1.62. The zero-order valence-corrected chi connectivity index (χ0v) is 13.0. The van der Waals surface area contributed by atoms with Crippen LogP contribution in [-0.2, 0) is 4.79 Å². The molecule has 4 heteroatoms. The zero-order chi connectivity index (χ0) is 15.0. The van der Waals surface area contributed by atoms with Crippen molar-refractivity contribution >= 4 is 11.6 Å². The van der Waals surface area contributed by atoms with E-state index < -0.39 is 0 Å². The topological polar surface area (TPSA) is 54.9 Å². The molecular weight excluding hydrogens is 252 g/mol. The van der Waals surface area contributed by atoms with Gasteiger partial charge in [0.1, 0.15) is 5.75 Å². The lowest BCUT2D eigenvalue weighted by Gasteiger charge is -2.12. The molecule has 1 aromatic rings. The predicted molar refractivity (Wildman–Crippen MR) is 82.0 cm³/mol. The van der Waals surface area contributed by atoms with Crippen LogP contribution in [0.4, 0.5) is 5.69 Å². The molecule has 1 amide bonds. The molecule has 3 N–H and O–H groups in total. The summed E-state index contributed by atoms with van der Waals surface area (Å²) in [6, 6.07) is 7.88. The number of hydrogen-bond donors (Lipinski definition) is 2. The number of quaternary nitrogens is 1. The van der Waals surface area contributed by atoms with Gasteiger partial charge in [-0.25, -0.2) is 0 Å². The van der Waals surface area contributed by atoms with Crippen molar-refractivity contribution in [3.63, 3.8) is 0 Å². The van der Waals surface area contributed by atoms with Crippen LogP contribution < -0.4 is 15.4 Å². The minimum absolute atomic E-state index is 0.0228. The lowest BCUT2D eigenvalue weighted by atomic mass is 10.0. The van der Waals surface area contributed by atoms with Gasteiger partial charge in [-0.1, -0.05) is 19.9 Å². The molecule has 0 unspecified atom stereocenters. The van der Waals surface area contributed by atoms with E-state index in [4.69, 9.17) is 4.74 Å². The molecule has 1 atom stereocenters. The first-order chi connectivity index (χ1) is 9.51. The molecule has 1 rings (SSSR count). The first-order valence-corrected chi connectivity index (χ1v) is 7.28. The van der Waals surface area contributed by atoms with Gasteiger partial charge in [-0.15, -0.1) is 0 Å². The number of rotatable bonds is 8. The molecule has 0 spiro atoms. The molecule has 1 aromatic carbocycles. The number of methoxy groups -OCH3 is 1. The van der Waals surface area contributed by atoms with Gasteiger partial charge in [-0.3, -0.25) is 4.79 Å². The van der Waals surface area contributed by atoms with Crippen molar-refractivity contribution < 1.29 is 14.8 Å². The minimum atomic E-state index is 0.0228. The lowest BCUT2D eigenvalue weighted by molar-refractivity contribution is -0.676. The van der Waals surface area contributed by atoms with Crippen LogP contribution in [0.15, 0.2) is 24.3 Å². The van der Waals surface area contributed by atoms with E-state index >= 15 is 0 Å². The number of benzene rings is 1. The molecule has 0 saturated carbocycles. The molecule has 0 fully saturated rings. The number of hydrogen-bond acceptors (Lipinski definition) is 2. The van der Waals surface area contributed by atoms with Gasteiger partial charge in [-0.2, -0.15) is 0 Å². The largest absolute Gasteiger partial charge is 0.497 e. The molecule has 0 aliphatic carbocycles. The van der Waals surface area contributed by atoms with Crippen molar-refractivity contribution in [1.29, 1.82) is 0 Å². The molecule has 20 heavy (non-hydrogen) atoms. The second kappa shape index (κ2) is 8.59. The Bertz CT molecular complexity index is 419. The first-order valence-electron chi connectivity index (χ1n) is 7.28. The van der Waals surface area contributed by atoms with Crippen molar-refractivity contribution in [2.24, 2.45) is 5.92 Å². The summed E-state index contributed by atoms with van der Waals surface area (Å²) in [6.07, 6.45) is 2.35. The number of nitrogens with one attached hydrogen (secondary N) is 1. The van der Waals surface area contributed by atoms with E-state index in [9.17, 15) is 4.79 Å². The molecule has 0 aliphatic heterocycles. The van der Waals surface area contributed by atoms with E-state index in [0.29, 0.717) is 12.6 Å². The SMILES string of the molecule is COc1cccc(NC(=O)C[NH2+][C@H](C)CCC(C)C)c1. The Kier molecular flexibility index (Phi) is 7.09. The normalized spacial score (nSPS) is 12.2. The van der Waals surface area contributed by atoms with Crippen LogP contribution in [0.5, 0.6) is 5.75 Å². The van der Waals surface area contributed by atoms with Crippen LogP contribution in [0.2, 0.25) is 0 Å². The molecule has 0 aliphatic rings. The molecule has 0 heterocycles. The standard InChI is InChI=1S/C16H26N2O2/c1-12(2)8-9-13(3)17-11-16(19)18-14-6-5-7-15(10-14)20-4/h5-7,10,12-13,17H,8-9,11H2,1-4H3,(H,18,19)/p+1/t13-/m1/s1. The molecule has 0 bridgehead atoms. The van der Waals surface area contributed by atoms with Crippen LogP contribution in [-0.4, -0.2) is 25.6 Å². The highest BCUT2D eigenvalue weighted by Gasteiger charge is 2.10. The van der Waals surface area contributed by atoms with Crippen LogP contribution >= 0.6 is 0 Å². The minimum Gasteiger partial charge on any atom is -0.497 e. The molecule has 0 aromatic heterocycles. The fourth-order valence-corrected chi connectivity index (χ4v) is 1.94. The Hall–Kier alpha value is -1.55. The molecule has 112 valence electrons. The number of anilines is 1. The van der Waals surface area contributed by atoms with E-state index in [1.165, 1.54) is 6.42 Å². The van der Waals surface area contributed by atoms with Gasteiger partial charge < -0.3 is 15.4 Å². The van der Waals surface area contributed by atoms with Crippen LogP contribution in [0.3, 0.4) is 0 Å². The number of nitrogens with two attached hydrogens (primary N) is 1. The quantitative estimate of drug-likeness (QED) is 0.765. The van der Waals surface area contributed by atoms with E-state index in [1.807, 2.05) is 24.3 Å². The summed E-state index contributed by atoms with van der Waals surface area (Å²) >= 11 is 0. The first kappa shape index (κ1) is 16.5. The number of amides is 1. The Balaban J connectivity index is 2.32. The van der Waals surface area contributed by atoms with Crippen LogP contribution in [0, 0.1) is 5.92 Å². The van der Waals surface area contributed by atoms with Gasteiger partial charge >= 0.3 is 0 Å². The number of carbonyl (C=O) groups is 1. The third-order valence-corrected chi connectivity index (χ3v) is 3.26. The van der Waals surface area contributed by atoms with Gasteiger partial charge in [0.2, 0.25) is 0 Å². The summed E-state index contributed by atoms with van der Waals surface area (Å²) in [4.78, 5) is 11.9. The monoisotopic (exact) mass is 279 g/mol. The molecule has 0 saturated heterocycles. The summed E-state index contributed by atoms with van der Waals surface area (Å²) in [5.74, 6) is 1.49. The van der Waals surface area contributed by atoms with Crippen molar-refractivity contribution in [2.45, 2.75) is 39.7 Å². The van der Waals surface area contributed by atoms with Gasteiger partial charge in [0.25, 0.3) is 5.91 Å². The Labute approximate surface area is 121 Å². The van der Waals surface area contributed by atoms with Crippen LogP contribution in [0.25, 0.3) is 0 Å². The van der Waals surface area contributed by atoms with Gasteiger partial charge in [0.15, 0.2) is 6.54 Å². The summed E-state index contributed by atoms with van der Waals surface area (Å²) in [6.45, 7) is 7.07. The summed E-state index contributed by atoms with van der Waals surface area (Å²) in [5, 5.41) is 4.98. The highest BCUT2D eigenvalue weighted by atomic mass is 16.5. The fourth-order valence-electron chi connectivity index (χ4n) is 1.94. The van der Waals surface area contributed by atoms with Crippen molar-refractivity contribution in [3.05, 3.63) is 24.3 Å². The third kappa shape index (κ3) is 6.57. The highest BCUT2D eigenvalue weighted by Crippen LogP contribution is 2.16. The summed E-state index contributed by atoms with van der Waals surface area (Å²) < 4.78 is 5.13. The van der Waals surface area contributed by atoms with E-state index in [1.54, 1.807) is 7.11 Å². The van der Waals surface area contributed by atoms with E-state index in [-0.39, 0.29) is 5.91 Å². The fraction of sp³-hybridized carbons (Fsp3) is 0.562. The second-order valence-electron chi connectivity index (χ2n) is 5.67. The van der Waals surface area contributed by atoms with Gasteiger partial charge in [0, 0.05) is 11.8 Å². The molecule has 4 nitrogen and oxygen atoms in total. The summed E-state index contributed by atoms with van der Waals surface area (Å²) in [5.41, 5.74) is 0.776. The van der Waals surface area contributed by atoms with E-state index in [0.717, 1.165) is 23.8 Å². The Morgan fingerprint density at radius 2 is 2.05 bits per heavy atom. The Morgan fingerprint density at radius 3 is 2.70 bits per heavy atom. The van der Waals surface area contributed by atoms with E-state index in [2.05, 4.69) is 31.4 Å². The van der Waals surface area contributed by atoms with Gasteiger partial charge in [0.05, 0.1) is 13.2 Å². The zero-order valence-electron chi connectivity index (χ0n) is 13.0. The van der Waals surface area contributed by atoms with Gasteiger partial charge in [-0.05, 0) is 37.8 Å². The lowest BCUT2D eigenvalue weighted by Crippen LogP contribution is -2.91. The average molecular weight is 279 g/mol. The maximum atomic E-state index is 11.9. The maximum absolute atomic E-state index is 11.9. The molecular formula is C16H27N2O2+. The number of carbonyl (C=O) groups excluding carboxylic acids is 1. The number of ether oxygens (including phenoxy) is 1. The van der Waals surface area contributed by atoms with Crippen molar-refractivity contribution in [3.8, 4) is 5.75 Å². The van der Waals surface area contributed by atoms with Crippen LogP contribution in [0.1, 0.15) is 33.6 Å². The predicted octanol–water partition coefficient (Wildman–Crippen LogP) is 2.02. The molecule has 0 radical (unpaired) electrons. The average Bonchev–Trinajstić information content (AvgIpc) is 2.43. The third-order valence-electron chi connectivity index (χ3n) is 3.26.